The summed E-state index contributed by atoms with van der Waals surface area (Å²) in [5.41, 5.74) is 4.34. The van der Waals surface area contributed by atoms with Gasteiger partial charge in [0, 0.05) is 58.7 Å². The molecular formula is C34H43Br2ClN4O4. The van der Waals surface area contributed by atoms with Crippen LogP contribution in [0.2, 0.25) is 5.02 Å². The first-order valence-electron chi connectivity index (χ1n) is 16.0. The second kappa shape index (κ2) is 14.3. The zero-order valence-electron chi connectivity index (χ0n) is 26.5. The molecule has 8 nitrogen and oxygen atoms in total. The lowest BCUT2D eigenvalue weighted by Crippen LogP contribution is -2.50. The smallest absolute Gasteiger partial charge is 0.408 e. The van der Waals surface area contributed by atoms with Gasteiger partial charge in [0.1, 0.15) is 11.6 Å². The Bertz CT molecular complexity index is 1430. The molecule has 2 aromatic rings. The van der Waals surface area contributed by atoms with Crippen LogP contribution in [0.1, 0.15) is 88.1 Å². The number of piperidine rings is 2. The average Bonchev–Trinajstić information content (AvgIpc) is 3.13. The molecule has 1 unspecified atom stereocenters. The summed E-state index contributed by atoms with van der Waals surface area (Å²) in [6.45, 7) is 9.68. The van der Waals surface area contributed by atoms with Crippen LogP contribution in [-0.2, 0) is 27.2 Å². The van der Waals surface area contributed by atoms with Crippen molar-refractivity contribution in [2.75, 3.05) is 26.2 Å². The molecule has 2 atom stereocenters. The molecule has 45 heavy (non-hydrogen) atoms. The van der Waals surface area contributed by atoms with E-state index >= 15 is 0 Å². The van der Waals surface area contributed by atoms with Crippen LogP contribution >= 0.6 is 43.5 Å². The Kier molecular flexibility index (Phi) is 10.9. The van der Waals surface area contributed by atoms with Gasteiger partial charge in [0.25, 0.3) is 0 Å². The second-order valence-corrected chi connectivity index (χ2v) is 15.9. The molecular weight excluding hydrogens is 724 g/mol. The Labute approximate surface area is 288 Å². The molecule has 3 heterocycles. The molecule has 0 bridgehead atoms. The number of ether oxygens (including phenoxy) is 1. The summed E-state index contributed by atoms with van der Waals surface area (Å²) in [4.78, 5) is 47.2. The number of aromatic nitrogens is 1. The van der Waals surface area contributed by atoms with E-state index in [-0.39, 0.29) is 23.7 Å². The molecule has 1 N–H and O–H groups in total. The number of pyridine rings is 1. The van der Waals surface area contributed by atoms with Gasteiger partial charge < -0.3 is 19.9 Å². The van der Waals surface area contributed by atoms with Gasteiger partial charge in [-0.2, -0.15) is 0 Å². The molecule has 3 aliphatic rings. The third kappa shape index (κ3) is 8.41. The van der Waals surface area contributed by atoms with Crippen molar-refractivity contribution in [1.82, 2.24) is 20.1 Å². The van der Waals surface area contributed by atoms with Crippen LogP contribution in [0.25, 0.3) is 0 Å². The van der Waals surface area contributed by atoms with Gasteiger partial charge in [-0.05, 0) is 129 Å². The van der Waals surface area contributed by atoms with Gasteiger partial charge in [0.15, 0.2) is 0 Å². The van der Waals surface area contributed by atoms with Gasteiger partial charge in [0.2, 0.25) is 11.8 Å². The largest absolute Gasteiger partial charge is 0.444 e. The SMILES string of the molecule is C[C@H](NC(=O)OC(C)(C)C)C(=O)N1CCC(CC(=O)N2CCC(C3c4ncc(Br)cc4CCc4cc(Cl)cc(Br)c43)CC2)CC1. The van der Waals surface area contributed by atoms with Crippen LogP contribution in [0, 0.1) is 11.8 Å². The maximum absolute atomic E-state index is 13.4. The standard InChI is InChI=1S/C34H43Br2ClN4O4/c1-20(39-33(44)45-34(2,3)4)32(43)41-11-7-21(8-12-41)15-28(42)40-13-9-22(10-14-40)30-29-23(17-26(37)18-27(29)36)5-6-24-16-25(35)19-38-31(24)30/h16-22,30H,5-15H2,1-4H3,(H,39,44)/t20-,30?/m0/s1. The summed E-state index contributed by atoms with van der Waals surface area (Å²) >= 11 is 13.9. The minimum Gasteiger partial charge on any atom is -0.444 e. The first kappa shape index (κ1) is 34.2. The third-order valence-corrected chi connectivity index (χ3v) is 10.6. The van der Waals surface area contributed by atoms with E-state index in [2.05, 4.69) is 49.3 Å². The van der Waals surface area contributed by atoms with Crippen LogP contribution in [0.15, 0.2) is 33.3 Å². The van der Waals surface area contributed by atoms with Crippen LogP contribution in [0.5, 0.6) is 0 Å². The van der Waals surface area contributed by atoms with Crippen molar-refractivity contribution in [2.45, 2.75) is 90.2 Å². The van der Waals surface area contributed by atoms with E-state index < -0.39 is 17.7 Å². The predicted octanol–water partition coefficient (Wildman–Crippen LogP) is 7.27. The van der Waals surface area contributed by atoms with Crippen molar-refractivity contribution in [3.05, 3.63) is 60.7 Å². The molecule has 0 saturated carbocycles. The van der Waals surface area contributed by atoms with Crippen molar-refractivity contribution in [1.29, 1.82) is 0 Å². The van der Waals surface area contributed by atoms with Crippen molar-refractivity contribution in [2.24, 2.45) is 11.8 Å². The molecule has 3 amide bonds. The number of halogens is 3. The lowest BCUT2D eigenvalue weighted by molar-refractivity contribution is -0.136. The van der Waals surface area contributed by atoms with Gasteiger partial charge in [0.05, 0.1) is 5.69 Å². The van der Waals surface area contributed by atoms with Gasteiger partial charge in [-0.15, -0.1) is 0 Å². The maximum Gasteiger partial charge on any atom is 0.408 e. The Morgan fingerprint density at radius 3 is 2.31 bits per heavy atom. The van der Waals surface area contributed by atoms with Gasteiger partial charge in [-0.3, -0.25) is 14.6 Å². The summed E-state index contributed by atoms with van der Waals surface area (Å²) in [5.74, 6) is 0.835. The first-order chi connectivity index (χ1) is 21.3. The molecule has 0 spiro atoms. The minimum absolute atomic E-state index is 0.120. The van der Waals surface area contributed by atoms with Crippen LogP contribution in [-0.4, -0.2) is 70.5 Å². The van der Waals surface area contributed by atoms with Crippen molar-refractivity contribution in [3.8, 4) is 0 Å². The first-order valence-corrected chi connectivity index (χ1v) is 17.9. The van der Waals surface area contributed by atoms with Crippen molar-refractivity contribution >= 4 is 61.4 Å². The number of nitrogens with one attached hydrogen (secondary N) is 1. The van der Waals surface area contributed by atoms with Crippen molar-refractivity contribution in [3.63, 3.8) is 0 Å². The Hall–Kier alpha value is -2.17. The molecule has 2 aliphatic heterocycles. The lowest BCUT2D eigenvalue weighted by atomic mass is 9.76. The maximum atomic E-state index is 13.4. The fourth-order valence-electron chi connectivity index (χ4n) is 7.07. The number of benzene rings is 1. The van der Waals surface area contributed by atoms with E-state index in [4.69, 9.17) is 21.3 Å². The highest BCUT2D eigenvalue weighted by Gasteiger charge is 2.37. The summed E-state index contributed by atoms with van der Waals surface area (Å²) < 4.78 is 7.31. The molecule has 1 aromatic heterocycles. The highest BCUT2D eigenvalue weighted by molar-refractivity contribution is 9.10. The number of alkyl carbamates (subject to hydrolysis) is 1. The highest BCUT2D eigenvalue weighted by atomic mass is 79.9. The summed E-state index contributed by atoms with van der Waals surface area (Å²) in [6, 6.07) is 5.63. The normalized spacial score (nSPS) is 20.1. The van der Waals surface area contributed by atoms with E-state index in [0.717, 1.165) is 71.3 Å². The van der Waals surface area contributed by atoms with Crippen molar-refractivity contribution < 1.29 is 19.1 Å². The zero-order chi connectivity index (χ0) is 32.5. The Morgan fingerprint density at radius 1 is 1.00 bits per heavy atom. The molecule has 2 fully saturated rings. The number of rotatable bonds is 5. The molecule has 244 valence electrons. The Morgan fingerprint density at radius 2 is 1.64 bits per heavy atom. The van der Waals surface area contributed by atoms with E-state index in [1.165, 1.54) is 16.7 Å². The number of carbonyl (C=O) groups is 3. The van der Waals surface area contributed by atoms with E-state index in [9.17, 15) is 14.4 Å². The summed E-state index contributed by atoms with van der Waals surface area (Å²) in [7, 11) is 0. The zero-order valence-corrected chi connectivity index (χ0v) is 30.4. The molecule has 1 aliphatic carbocycles. The van der Waals surface area contributed by atoms with Crippen LogP contribution < -0.4 is 5.32 Å². The summed E-state index contributed by atoms with van der Waals surface area (Å²) in [6.07, 6.45) is 7.02. The summed E-state index contributed by atoms with van der Waals surface area (Å²) in [5, 5.41) is 3.38. The van der Waals surface area contributed by atoms with E-state index in [0.29, 0.717) is 25.4 Å². The van der Waals surface area contributed by atoms with Crippen LogP contribution in [0.3, 0.4) is 0 Å². The fraction of sp³-hybridized carbons (Fsp3) is 0.588. The number of hydrogen-bond acceptors (Lipinski definition) is 5. The highest BCUT2D eigenvalue weighted by Crippen LogP contribution is 2.46. The van der Waals surface area contributed by atoms with E-state index in [1.54, 1.807) is 32.6 Å². The lowest BCUT2D eigenvalue weighted by Gasteiger charge is -2.38. The third-order valence-electron chi connectivity index (χ3n) is 9.27. The molecule has 1 aromatic carbocycles. The average molecular weight is 767 g/mol. The molecule has 5 rings (SSSR count). The second-order valence-electron chi connectivity index (χ2n) is 13.7. The number of amides is 3. The molecule has 11 heteroatoms. The fourth-order valence-corrected chi connectivity index (χ4v) is 8.57. The number of aryl methyl sites for hydroxylation is 2. The number of hydrogen-bond donors (Lipinski definition) is 1. The number of carbonyl (C=O) groups excluding carboxylic acids is 3. The van der Waals surface area contributed by atoms with E-state index in [1.807, 2.05) is 17.2 Å². The topological polar surface area (TPSA) is 91.8 Å². The monoisotopic (exact) mass is 764 g/mol. The Balaban J connectivity index is 1.16. The predicted molar refractivity (Wildman–Crippen MR) is 182 cm³/mol. The van der Waals surface area contributed by atoms with Gasteiger partial charge >= 0.3 is 6.09 Å². The number of fused-ring (bicyclic) bond motifs is 2. The number of nitrogens with zero attached hydrogens (tertiary/aromatic N) is 3. The van der Waals surface area contributed by atoms with Gasteiger partial charge in [-0.1, -0.05) is 27.5 Å². The minimum atomic E-state index is -0.666. The quantitative estimate of drug-likeness (QED) is 0.346. The van der Waals surface area contributed by atoms with Crippen LogP contribution in [0.4, 0.5) is 4.79 Å². The number of likely N-dealkylation sites (tertiary alicyclic amines) is 2. The molecule has 0 radical (unpaired) electrons. The molecule has 2 saturated heterocycles. The van der Waals surface area contributed by atoms with Gasteiger partial charge in [-0.25, -0.2) is 4.79 Å².